The van der Waals surface area contributed by atoms with Gasteiger partial charge in [-0.1, -0.05) is 100 Å². The van der Waals surface area contributed by atoms with Crippen molar-refractivity contribution in [3.8, 4) is 28.2 Å². The van der Waals surface area contributed by atoms with Crippen LogP contribution in [0.2, 0.25) is 0 Å². The summed E-state index contributed by atoms with van der Waals surface area (Å²) in [7, 11) is 0. The number of nitrogens with zero attached hydrogens (tertiary/aromatic N) is 1. The summed E-state index contributed by atoms with van der Waals surface area (Å²) in [5.74, 6) is 1.61. The number of rotatable bonds is 5. The standard InChI is InChI=1S/C42H36N2S/c1-25(2)33-22-30(28-14-7-6-8-15-28)23-34(26(3)4)40(33)44-38-20-10-9-19-37(38)43-42(44)32-18-12-17-31-36-21-29-16-11-13-27(5)35(29)24-39(36)45-41(31)32/h6-26H,1-5H3/p+1/i5D3. The number of benzene rings is 6. The largest absolute Gasteiger partial charge is 0.294 e. The van der Waals surface area contributed by atoms with Gasteiger partial charge in [0.15, 0.2) is 11.0 Å². The maximum absolute atomic E-state index is 8.16. The predicted molar refractivity (Wildman–Crippen MR) is 194 cm³/mol. The zero-order valence-electron chi connectivity index (χ0n) is 29.0. The minimum absolute atomic E-state index is 0.287. The SMILES string of the molecule is [2H]C([2H])([2H])c1cccc2cc3c(cc12)sc1c(-c2[nH]c4ccccc4[n+]2-c2c(C(C)C)cc(-c4ccccc4)cc2C(C)C)cccc13. The van der Waals surface area contributed by atoms with Gasteiger partial charge < -0.3 is 0 Å². The smallest absolute Gasteiger partial charge is 0.236 e. The number of fused-ring (bicyclic) bond motifs is 5. The third-order valence-corrected chi connectivity index (χ3v) is 10.3. The van der Waals surface area contributed by atoms with E-state index >= 15 is 0 Å². The summed E-state index contributed by atoms with van der Waals surface area (Å²) in [4.78, 5) is 3.85. The van der Waals surface area contributed by atoms with Crippen molar-refractivity contribution in [2.24, 2.45) is 0 Å². The molecule has 0 spiro atoms. The Bertz CT molecular complexity index is 2470. The van der Waals surface area contributed by atoms with E-state index in [2.05, 4.69) is 134 Å². The monoisotopic (exact) mass is 604 g/mol. The first kappa shape index (κ1) is 24.6. The average molecular weight is 605 g/mol. The van der Waals surface area contributed by atoms with Gasteiger partial charge in [0, 0.05) is 30.7 Å². The second-order valence-electron chi connectivity index (χ2n) is 12.7. The molecule has 2 nitrogen and oxygen atoms in total. The number of hydrogen-bond acceptors (Lipinski definition) is 1. The molecule has 0 aliphatic heterocycles. The summed E-state index contributed by atoms with van der Waals surface area (Å²) in [6.07, 6.45) is 0. The van der Waals surface area contributed by atoms with Crippen molar-refractivity contribution in [2.75, 3.05) is 0 Å². The second kappa shape index (κ2) is 10.7. The number of aromatic amines is 1. The molecule has 45 heavy (non-hydrogen) atoms. The summed E-state index contributed by atoms with van der Waals surface area (Å²) in [6.45, 7) is 6.98. The molecule has 2 aromatic heterocycles. The minimum atomic E-state index is -2.18. The van der Waals surface area contributed by atoms with E-state index in [4.69, 9.17) is 4.11 Å². The summed E-state index contributed by atoms with van der Waals surface area (Å²) >= 11 is 1.73. The van der Waals surface area contributed by atoms with Crippen LogP contribution in [-0.2, 0) is 0 Å². The Morgan fingerprint density at radius 1 is 0.667 bits per heavy atom. The minimum Gasteiger partial charge on any atom is -0.236 e. The van der Waals surface area contributed by atoms with Crippen molar-refractivity contribution in [1.82, 2.24) is 4.98 Å². The highest BCUT2D eigenvalue weighted by Gasteiger charge is 2.30. The molecule has 220 valence electrons. The Balaban J connectivity index is 1.44. The highest BCUT2D eigenvalue weighted by atomic mass is 32.1. The zero-order valence-corrected chi connectivity index (χ0v) is 26.8. The van der Waals surface area contributed by atoms with Crippen molar-refractivity contribution < 1.29 is 8.68 Å². The van der Waals surface area contributed by atoms with Gasteiger partial charge in [0.1, 0.15) is 5.69 Å². The Morgan fingerprint density at radius 3 is 2.16 bits per heavy atom. The van der Waals surface area contributed by atoms with Crippen LogP contribution < -0.4 is 4.57 Å². The Labute approximate surface area is 272 Å². The van der Waals surface area contributed by atoms with E-state index in [0.29, 0.717) is 5.56 Å². The van der Waals surface area contributed by atoms with Gasteiger partial charge in [0.25, 0.3) is 5.82 Å². The molecule has 0 amide bonds. The molecule has 8 aromatic rings. The van der Waals surface area contributed by atoms with Gasteiger partial charge in [-0.15, -0.1) is 11.3 Å². The van der Waals surface area contributed by atoms with Crippen molar-refractivity contribution in [2.45, 2.75) is 46.4 Å². The molecule has 8 rings (SSSR count). The predicted octanol–water partition coefficient (Wildman–Crippen LogP) is 11.9. The van der Waals surface area contributed by atoms with Crippen LogP contribution in [0.3, 0.4) is 0 Å². The summed E-state index contributed by atoms with van der Waals surface area (Å²) in [5, 5.41) is 4.06. The quantitative estimate of drug-likeness (QED) is 0.189. The van der Waals surface area contributed by atoms with E-state index in [1.54, 1.807) is 17.4 Å². The fourth-order valence-corrected chi connectivity index (χ4v) is 8.11. The van der Waals surface area contributed by atoms with Gasteiger partial charge in [-0.25, -0.2) is 4.98 Å². The molecule has 0 unspecified atom stereocenters. The maximum Gasteiger partial charge on any atom is 0.294 e. The topological polar surface area (TPSA) is 19.7 Å². The highest BCUT2D eigenvalue weighted by Crippen LogP contribution is 2.42. The van der Waals surface area contributed by atoms with Crippen LogP contribution in [0.15, 0.2) is 115 Å². The lowest BCUT2D eigenvalue weighted by atomic mass is 9.88. The lowest BCUT2D eigenvalue weighted by Crippen LogP contribution is -2.35. The lowest BCUT2D eigenvalue weighted by molar-refractivity contribution is -0.556. The number of H-pyrrole nitrogens is 1. The fourth-order valence-electron chi connectivity index (χ4n) is 6.87. The third-order valence-electron chi connectivity index (χ3n) is 9.12. The molecule has 0 aliphatic carbocycles. The van der Waals surface area contributed by atoms with Gasteiger partial charge >= 0.3 is 0 Å². The average Bonchev–Trinajstić information content (AvgIpc) is 3.64. The number of nitrogens with one attached hydrogen (secondary N) is 1. The Morgan fingerprint density at radius 2 is 1.40 bits per heavy atom. The van der Waals surface area contributed by atoms with Crippen molar-refractivity contribution in [1.29, 1.82) is 0 Å². The van der Waals surface area contributed by atoms with E-state index in [0.717, 1.165) is 43.3 Å². The lowest BCUT2D eigenvalue weighted by Gasteiger charge is -2.20. The number of aryl methyl sites for hydroxylation is 1. The number of para-hydroxylation sites is 2. The number of aromatic nitrogens is 2. The number of thiophene rings is 1. The molecule has 0 saturated carbocycles. The molecule has 0 saturated heterocycles. The molecule has 1 N–H and O–H groups in total. The van der Waals surface area contributed by atoms with E-state index in [9.17, 15) is 0 Å². The Hall–Kier alpha value is -4.73. The maximum atomic E-state index is 8.16. The molecule has 0 fully saturated rings. The first-order chi connectivity index (χ1) is 23.1. The third kappa shape index (κ3) is 4.49. The molecular weight excluding hydrogens is 565 g/mol. The highest BCUT2D eigenvalue weighted by molar-refractivity contribution is 7.26. The van der Waals surface area contributed by atoms with Gasteiger partial charge in [0.2, 0.25) is 0 Å². The molecule has 0 aliphatic rings. The van der Waals surface area contributed by atoms with Crippen LogP contribution in [0.5, 0.6) is 0 Å². The van der Waals surface area contributed by atoms with Crippen molar-refractivity contribution >= 4 is 53.3 Å². The van der Waals surface area contributed by atoms with Crippen LogP contribution in [0.25, 0.3) is 70.2 Å². The van der Waals surface area contributed by atoms with Crippen LogP contribution in [0.4, 0.5) is 0 Å². The van der Waals surface area contributed by atoms with Crippen LogP contribution in [0.1, 0.15) is 60.3 Å². The van der Waals surface area contributed by atoms with Gasteiger partial charge in [-0.3, -0.25) is 0 Å². The van der Waals surface area contributed by atoms with E-state index in [1.807, 2.05) is 12.1 Å². The number of imidazole rings is 1. The van der Waals surface area contributed by atoms with E-state index in [1.165, 1.54) is 38.0 Å². The molecular formula is C42H37N2S+. The van der Waals surface area contributed by atoms with E-state index in [-0.39, 0.29) is 11.8 Å². The Kier molecular flexibility index (Phi) is 5.85. The first-order valence-electron chi connectivity index (χ1n) is 17.3. The number of hydrogen-bond donors (Lipinski definition) is 1. The summed E-state index contributed by atoms with van der Waals surface area (Å²) < 4.78 is 29.2. The van der Waals surface area contributed by atoms with Crippen LogP contribution >= 0.6 is 11.3 Å². The van der Waals surface area contributed by atoms with E-state index < -0.39 is 6.85 Å². The molecule has 0 radical (unpaired) electrons. The summed E-state index contributed by atoms with van der Waals surface area (Å²) in [5.41, 5.74) is 10.1. The van der Waals surface area contributed by atoms with Crippen LogP contribution in [-0.4, -0.2) is 4.98 Å². The van der Waals surface area contributed by atoms with Crippen LogP contribution in [0, 0.1) is 6.85 Å². The van der Waals surface area contributed by atoms with Gasteiger partial charge in [0.05, 0.1) is 10.3 Å². The molecule has 0 bridgehead atoms. The second-order valence-corrected chi connectivity index (χ2v) is 13.7. The zero-order chi connectivity index (χ0) is 33.3. The molecule has 3 heteroatoms. The van der Waals surface area contributed by atoms with Crippen molar-refractivity contribution in [3.05, 3.63) is 132 Å². The first-order valence-corrected chi connectivity index (χ1v) is 16.6. The van der Waals surface area contributed by atoms with Gasteiger partial charge in [-0.2, -0.15) is 4.57 Å². The molecule has 6 aromatic carbocycles. The molecule has 2 heterocycles. The fraction of sp³-hybridized carbons (Fsp3) is 0.167. The van der Waals surface area contributed by atoms with Crippen molar-refractivity contribution in [3.63, 3.8) is 0 Å². The van der Waals surface area contributed by atoms with Gasteiger partial charge in [-0.05, 0) is 88.6 Å². The molecule has 0 atom stereocenters. The normalized spacial score (nSPS) is 13.3. The summed E-state index contributed by atoms with van der Waals surface area (Å²) in [6, 6.07) is 40.4.